The van der Waals surface area contributed by atoms with E-state index in [1.807, 2.05) is 55.5 Å². The molecule has 0 aliphatic carbocycles. The molecular formula is C20H22N2O. The second-order valence-corrected chi connectivity index (χ2v) is 6.06. The molecule has 0 spiro atoms. The van der Waals surface area contributed by atoms with Crippen molar-refractivity contribution >= 4 is 0 Å². The Bertz CT molecular complexity index is 852. The lowest BCUT2D eigenvalue weighted by atomic mass is 10.0. The summed E-state index contributed by atoms with van der Waals surface area (Å²) in [5, 5.41) is 3.30. The fraction of sp³-hybridized carbons (Fsp3) is 0.250. The Labute approximate surface area is 136 Å². The molecule has 3 aromatic rings. The zero-order valence-corrected chi connectivity index (χ0v) is 13.9. The van der Waals surface area contributed by atoms with Crippen LogP contribution in [0.15, 0.2) is 53.3 Å². The van der Waals surface area contributed by atoms with Gasteiger partial charge in [-0.1, -0.05) is 60.9 Å². The Hall–Kier alpha value is -2.55. The number of aromatic amines is 1. The van der Waals surface area contributed by atoms with E-state index in [4.69, 9.17) is 0 Å². The lowest BCUT2D eigenvalue weighted by Crippen LogP contribution is -2.15. The van der Waals surface area contributed by atoms with Crippen molar-refractivity contribution in [1.29, 1.82) is 0 Å². The van der Waals surface area contributed by atoms with E-state index in [0.29, 0.717) is 0 Å². The van der Waals surface area contributed by atoms with Gasteiger partial charge in [0.25, 0.3) is 5.56 Å². The Balaban J connectivity index is 2.17. The van der Waals surface area contributed by atoms with E-state index in [1.165, 1.54) is 11.1 Å². The van der Waals surface area contributed by atoms with Gasteiger partial charge in [-0.3, -0.25) is 9.89 Å². The molecule has 0 aliphatic heterocycles. The minimum atomic E-state index is 0.0150. The van der Waals surface area contributed by atoms with Gasteiger partial charge in [-0.25, -0.2) is 4.68 Å². The van der Waals surface area contributed by atoms with Gasteiger partial charge in [0.15, 0.2) is 0 Å². The average molecular weight is 306 g/mol. The maximum atomic E-state index is 13.0. The van der Waals surface area contributed by atoms with Crippen LogP contribution in [0.1, 0.15) is 30.2 Å². The lowest BCUT2D eigenvalue weighted by molar-refractivity contribution is 0.793. The second kappa shape index (κ2) is 6.29. The first kappa shape index (κ1) is 15.3. The van der Waals surface area contributed by atoms with Gasteiger partial charge in [0.1, 0.15) is 0 Å². The average Bonchev–Trinajstić information content (AvgIpc) is 2.86. The molecule has 118 valence electrons. The van der Waals surface area contributed by atoms with Gasteiger partial charge in [0, 0.05) is 5.69 Å². The molecule has 1 N–H and O–H groups in total. The first-order chi connectivity index (χ1) is 11.1. The second-order valence-electron chi connectivity index (χ2n) is 6.06. The van der Waals surface area contributed by atoms with Crippen LogP contribution in [0.2, 0.25) is 0 Å². The normalized spacial score (nSPS) is 10.9. The summed E-state index contributed by atoms with van der Waals surface area (Å²) in [4.78, 5) is 13.0. The summed E-state index contributed by atoms with van der Waals surface area (Å²) >= 11 is 0. The third-order valence-electron chi connectivity index (χ3n) is 4.10. The molecular weight excluding hydrogens is 284 g/mol. The Morgan fingerprint density at radius 2 is 1.48 bits per heavy atom. The van der Waals surface area contributed by atoms with Crippen molar-refractivity contribution in [2.24, 2.45) is 0 Å². The van der Waals surface area contributed by atoms with Gasteiger partial charge in [0.2, 0.25) is 0 Å². The van der Waals surface area contributed by atoms with Crippen molar-refractivity contribution in [1.82, 2.24) is 9.78 Å². The molecule has 0 saturated carbocycles. The number of nitrogens with one attached hydrogen (secondary N) is 1. The molecule has 1 aromatic heterocycles. The summed E-state index contributed by atoms with van der Waals surface area (Å²) in [7, 11) is 0. The summed E-state index contributed by atoms with van der Waals surface area (Å²) in [6.07, 6.45) is 1.85. The first-order valence-electron chi connectivity index (χ1n) is 8.08. The van der Waals surface area contributed by atoms with E-state index < -0.39 is 0 Å². The fourth-order valence-electron chi connectivity index (χ4n) is 2.81. The number of hydrogen-bond donors (Lipinski definition) is 1. The van der Waals surface area contributed by atoms with Crippen molar-refractivity contribution in [3.05, 3.63) is 75.7 Å². The van der Waals surface area contributed by atoms with Gasteiger partial charge in [-0.15, -0.1) is 0 Å². The number of hydrogen-bond acceptors (Lipinski definition) is 1. The topological polar surface area (TPSA) is 37.8 Å². The van der Waals surface area contributed by atoms with Crippen LogP contribution in [-0.4, -0.2) is 9.78 Å². The fourth-order valence-corrected chi connectivity index (χ4v) is 2.81. The van der Waals surface area contributed by atoms with Crippen molar-refractivity contribution in [2.75, 3.05) is 0 Å². The lowest BCUT2D eigenvalue weighted by Gasteiger charge is -2.02. The summed E-state index contributed by atoms with van der Waals surface area (Å²) in [5.74, 6) is 0. The Kier molecular flexibility index (Phi) is 4.20. The number of nitrogens with zero attached hydrogens (tertiary/aromatic N) is 1. The van der Waals surface area contributed by atoms with Gasteiger partial charge in [0.05, 0.1) is 11.3 Å². The van der Waals surface area contributed by atoms with Crippen LogP contribution in [0.25, 0.3) is 16.8 Å². The molecule has 23 heavy (non-hydrogen) atoms. The third kappa shape index (κ3) is 3.00. The maximum absolute atomic E-state index is 13.0. The number of aromatic nitrogens is 2. The highest BCUT2D eigenvalue weighted by molar-refractivity contribution is 5.66. The molecule has 3 rings (SSSR count). The molecule has 1 heterocycles. The van der Waals surface area contributed by atoms with E-state index in [9.17, 15) is 4.79 Å². The summed E-state index contributed by atoms with van der Waals surface area (Å²) < 4.78 is 1.65. The standard InChI is InChI=1S/C20H22N2O/c1-4-5-18-19(16-10-6-14(2)7-11-16)20(23)22(21-18)17-12-8-15(3)9-13-17/h6-13,21H,4-5H2,1-3H3. The quantitative estimate of drug-likeness (QED) is 0.762. The van der Waals surface area contributed by atoms with Gasteiger partial charge in [-0.05, 0) is 38.0 Å². The van der Waals surface area contributed by atoms with Crippen LogP contribution < -0.4 is 5.56 Å². The monoisotopic (exact) mass is 306 g/mol. The molecule has 3 nitrogen and oxygen atoms in total. The van der Waals surface area contributed by atoms with E-state index in [0.717, 1.165) is 35.3 Å². The molecule has 0 atom stereocenters. The largest absolute Gasteiger partial charge is 0.294 e. The van der Waals surface area contributed by atoms with Gasteiger partial charge in [-0.2, -0.15) is 0 Å². The van der Waals surface area contributed by atoms with Crippen LogP contribution in [0.5, 0.6) is 0 Å². The van der Waals surface area contributed by atoms with Crippen molar-refractivity contribution in [3.8, 4) is 16.8 Å². The van der Waals surface area contributed by atoms with Crippen molar-refractivity contribution in [3.63, 3.8) is 0 Å². The zero-order chi connectivity index (χ0) is 16.4. The van der Waals surface area contributed by atoms with Crippen LogP contribution in [0.3, 0.4) is 0 Å². The highest BCUT2D eigenvalue weighted by Gasteiger charge is 2.16. The minimum absolute atomic E-state index is 0.0150. The van der Waals surface area contributed by atoms with Crippen LogP contribution in [-0.2, 0) is 6.42 Å². The predicted octanol–water partition coefficient (Wildman–Crippen LogP) is 4.40. The molecule has 0 radical (unpaired) electrons. The van der Waals surface area contributed by atoms with Crippen LogP contribution in [0.4, 0.5) is 0 Å². The number of H-pyrrole nitrogens is 1. The molecule has 0 unspecified atom stereocenters. The molecule has 0 saturated heterocycles. The molecule has 0 bridgehead atoms. The smallest absolute Gasteiger partial charge is 0.279 e. The molecule has 0 amide bonds. The van der Waals surface area contributed by atoms with Crippen LogP contribution >= 0.6 is 0 Å². The summed E-state index contributed by atoms with van der Waals surface area (Å²) in [5.41, 5.74) is 6.03. The number of rotatable bonds is 4. The number of aryl methyl sites for hydroxylation is 3. The van der Waals surface area contributed by atoms with Gasteiger partial charge >= 0.3 is 0 Å². The van der Waals surface area contributed by atoms with E-state index in [1.54, 1.807) is 4.68 Å². The Morgan fingerprint density at radius 3 is 2.04 bits per heavy atom. The molecule has 0 fully saturated rings. The third-order valence-corrected chi connectivity index (χ3v) is 4.10. The highest BCUT2D eigenvalue weighted by Crippen LogP contribution is 2.22. The van der Waals surface area contributed by atoms with Crippen molar-refractivity contribution < 1.29 is 0 Å². The maximum Gasteiger partial charge on any atom is 0.279 e. The minimum Gasteiger partial charge on any atom is -0.294 e. The van der Waals surface area contributed by atoms with E-state index in [-0.39, 0.29) is 5.56 Å². The predicted molar refractivity (Wildman–Crippen MR) is 95.3 cm³/mol. The number of benzene rings is 2. The molecule has 3 heteroatoms. The Morgan fingerprint density at radius 1 is 0.913 bits per heavy atom. The molecule has 0 aliphatic rings. The summed E-state index contributed by atoms with van der Waals surface area (Å²) in [6, 6.07) is 16.1. The molecule has 2 aromatic carbocycles. The highest BCUT2D eigenvalue weighted by atomic mass is 16.1. The zero-order valence-electron chi connectivity index (χ0n) is 13.9. The van der Waals surface area contributed by atoms with E-state index >= 15 is 0 Å². The first-order valence-corrected chi connectivity index (χ1v) is 8.08. The van der Waals surface area contributed by atoms with Gasteiger partial charge < -0.3 is 0 Å². The SMILES string of the molecule is CCCc1[nH]n(-c2ccc(C)cc2)c(=O)c1-c1ccc(C)cc1. The van der Waals surface area contributed by atoms with Crippen molar-refractivity contribution in [2.45, 2.75) is 33.6 Å². The van der Waals surface area contributed by atoms with Crippen LogP contribution in [0, 0.1) is 13.8 Å². The summed E-state index contributed by atoms with van der Waals surface area (Å²) in [6.45, 7) is 6.22. The van der Waals surface area contributed by atoms with E-state index in [2.05, 4.69) is 18.9 Å².